The fourth-order valence-corrected chi connectivity index (χ4v) is 1.20. The third kappa shape index (κ3) is 1.70. The van der Waals surface area contributed by atoms with E-state index in [2.05, 4.69) is 15.6 Å². The number of carbonyl (C=O) groups is 1. The number of hydrazine groups is 1. The summed E-state index contributed by atoms with van der Waals surface area (Å²) in [7, 11) is 0. The van der Waals surface area contributed by atoms with Crippen LogP contribution in [0, 0.1) is 0 Å². The first-order valence-corrected chi connectivity index (χ1v) is 4.20. The summed E-state index contributed by atoms with van der Waals surface area (Å²) < 4.78 is 0. The third-order valence-corrected chi connectivity index (χ3v) is 1.92. The van der Waals surface area contributed by atoms with E-state index in [0.29, 0.717) is 23.9 Å². The number of anilines is 1. The van der Waals surface area contributed by atoms with E-state index in [4.69, 9.17) is 11.6 Å². The molecule has 0 saturated carbocycles. The average Bonchev–Trinajstić information content (AvgIpc) is 2.53. The molecule has 13 heavy (non-hydrogen) atoms. The Balaban J connectivity index is 2.17. The topological polar surface area (TPSA) is 58.1 Å². The van der Waals surface area contributed by atoms with Gasteiger partial charge < -0.3 is 0 Å². The van der Waals surface area contributed by atoms with Gasteiger partial charge in [-0.15, -0.1) is 10.2 Å². The molecule has 0 spiro atoms. The standard InChI is InChI=1S/C7H7ClN4O/c8-5-1-2-6(10-9-5)12-4-3-7(13)11-12/h1-2H,3-4H2,(H,11,13). The lowest BCUT2D eigenvalue weighted by atomic mass is 10.4. The van der Waals surface area contributed by atoms with Gasteiger partial charge in [0.15, 0.2) is 11.0 Å². The maximum Gasteiger partial charge on any atom is 0.240 e. The van der Waals surface area contributed by atoms with Crippen molar-refractivity contribution in [2.24, 2.45) is 0 Å². The van der Waals surface area contributed by atoms with Crippen LogP contribution in [0.3, 0.4) is 0 Å². The largest absolute Gasteiger partial charge is 0.273 e. The van der Waals surface area contributed by atoms with E-state index in [1.165, 1.54) is 0 Å². The van der Waals surface area contributed by atoms with Gasteiger partial charge in [-0.2, -0.15) is 0 Å². The predicted octanol–water partition coefficient (Wildman–Crippen LogP) is 0.371. The molecule has 0 aliphatic carbocycles. The highest BCUT2D eigenvalue weighted by atomic mass is 35.5. The van der Waals surface area contributed by atoms with E-state index in [-0.39, 0.29) is 5.91 Å². The number of rotatable bonds is 1. The van der Waals surface area contributed by atoms with Crippen LogP contribution in [0.25, 0.3) is 0 Å². The number of carbonyl (C=O) groups excluding carboxylic acids is 1. The van der Waals surface area contributed by atoms with Crippen LogP contribution in [-0.4, -0.2) is 22.6 Å². The van der Waals surface area contributed by atoms with Crippen molar-refractivity contribution in [3.63, 3.8) is 0 Å². The van der Waals surface area contributed by atoms with Gasteiger partial charge in [0.1, 0.15) is 0 Å². The molecule has 6 heteroatoms. The number of hydrogen-bond acceptors (Lipinski definition) is 4. The van der Waals surface area contributed by atoms with Gasteiger partial charge in [0, 0.05) is 6.42 Å². The predicted molar refractivity (Wildman–Crippen MR) is 47.1 cm³/mol. The van der Waals surface area contributed by atoms with Crippen LogP contribution < -0.4 is 10.4 Å². The molecular weight excluding hydrogens is 192 g/mol. The molecule has 5 nitrogen and oxygen atoms in total. The number of halogens is 1. The molecule has 2 heterocycles. The minimum Gasteiger partial charge on any atom is -0.273 e. The Morgan fingerprint density at radius 2 is 2.31 bits per heavy atom. The van der Waals surface area contributed by atoms with E-state index in [9.17, 15) is 4.79 Å². The summed E-state index contributed by atoms with van der Waals surface area (Å²) in [6.45, 7) is 0.620. The van der Waals surface area contributed by atoms with E-state index < -0.39 is 0 Å². The van der Waals surface area contributed by atoms with Crippen LogP contribution in [0.15, 0.2) is 12.1 Å². The van der Waals surface area contributed by atoms with Crippen molar-refractivity contribution in [1.82, 2.24) is 15.6 Å². The first-order valence-electron chi connectivity index (χ1n) is 3.82. The van der Waals surface area contributed by atoms with Crippen molar-refractivity contribution in [1.29, 1.82) is 0 Å². The molecule has 1 aromatic heterocycles. The molecule has 1 fully saturated rings. The zero-order chi connectivity index (χ0) is 9.26. The molecule has 68 valence electrons. The zero-order valence-corrected chi connectivity index (χ0v) is 7.45. The van der Waals surface area contributed by atoms with Crippen LogP contribution in [0.1, 0.15) is 6.42 Å². The van der Waals surface area contributed by atoms with E-state index in [0.717, 1.165) is 0 Å². The molecule has 0 atom stereocenters. The smallest absolute Gasteiger partial charge is 0.240 e. The van der Waals surface area contributed by atoms with Gasteiger partial charge in [-0.3, -0.25) is 15.2 Å². The van der Waals surface area contributed by atoms with Gasteiger partial charge in [-0.05, 0) is 12.1 Å². The number of hydrogen-bond donors (Lipinski definition) is 1. The van der Waals surface area contributed by atoms with Crippen molar-refractivity contribution < 1.29 is 4.79 Å². The lowest BCUT2D eigenvalue weighted by molar-refractivity contribution is -0.119. The van der Waals surface area contributed by atoms with Crippen LogP contribution in [0.2, 0.25) is 5.15 Å². The average molecular weight is 199 g/mol. The Morgan fingerprint density at radius 1 is 1.46 bits per heavy atom. The lowest BCUT2D eigenvalue weighted by Crippen LogP contribution is -2.33. The highest BCUT2D eigenvalue weighted by molar-refractivity contribution is 6.29. The van der Waals surface area contributed by atoms with Crippen LogP contribution in [-0.2, 0) is 4.79 Å². The Morgan fingerprint density at radius 3 is 2.85 bits per heavy atom. The fourth-order valence-electron chi connectivity index (χ4n) is 1.10. The van der Waals surface area contributed by atoms with E-state index >= 15 is 0 Å². The summed E-state index contributed by atoms with van der Waals surface area (Å²) in [5.74, 6) is 0.604. The third-order valence-electron chi connectivity index (χ3n) is 1.72. The molecule has 1 aromatic rings. The van der Waals surface area contributed by atoms with Gasteiger partial charge in [0.25, 0.3) is 0 Å². The minimum atomic E-state index is -0.00301. The molecule has 1 aliphatic rings. The first kappa shape index (κ1) is 8.25. The minimum absolute atomic E-state index is 0.00301. The van der Waals surface area contributed by atoms with Gasteiger partial charge in [-0.1, -0.05) is 11.6 Å². The second-order valence-electron chi connectivity index (χ2n) is 2.65. The molecule has 1 N–H and O–H groups in total. The quantitative estimate of drug-likeness (QED) is 0.709. The van der Waals surface area contributed by atoms with Gasteiger partial charge in [0.2, 0.25) is 5.91 Å². The monoisotopic (exact) mass is 198 g/mol. The molecule has 1 aliphatic heterocycles. The highest BCUT2D eigenvalue weighted by Gasteiger charge is 2.19. The van der Waals surface area contributed by atoms with Crippen molar-refractivity contribution >= 4 is 23.3 Å². The highest BCUT2D eigenvalue weighted by Crippen LogP contribution is 2.12. The summed E-state index contributed by atoms with van der Waals surface area (Å²) >= 11 is 5.57. The number of nitrogens with zero attached hydrogens (tertiary/aromatic N) is 3. The molecular formula is C7H7ClN4O. The number of amides is 1. The molecule has 0 radical (unpaired) electrons. The SMILES string of the molecule is O=C1CCN(c2ccc(Cl)nn2)N1. The van der Waals surface area contributed by atoms with Crippen LogP contribution in [0.5, 0.6) is 0 Å². The second kappa shape index (κ2) is 3.18. The van der Waals surface area contributed by atoms with Crippen molar-refractivity contribution in [2.45, 2.75) is 6.42 Å². The fraction of sp³-hybridized carbons (Fsp3) is 0.286. The maximum atomic E-state index is 10.9. The Labute approximate surface area is 79.7 Å². The summed E-state index contributed by atoms with van der Waals surface area (Å²) in [5.41, 5.74) is 2.64. The van der Waals surface area contributed by atoms with Crippen LogP contribution >= 0.6 is 11.6 Å². The first-order chi connectivity index (χ1) is 6.25. The summed E-state index contributed by atoms with van der Waals surface area (Å²) in [6, 6.07) is 3.34. The van der Waals surface area contributed by atoms with E-state index in [1.807, 2.05) is 0 Å². The van der Waals surface area contributed by atoms with Crippen molar-refractivity contribution in [3.05, 3.63) is 17.3 Å². The van der Waals surface area contributed by atoms with Gasteiger partial charge in [0.05, 0.1) is 6.54 Å². The van der Waals surface area contributed by atoms with Gasteiger partial charge >= 0.3 is 0 Å². The number of nitrogens with one attached hydrogen (secondary N) is 1. The zero-order valence-electron chi connectivity index (χ0n) is 6.70. The Bertz CT molecular complexity index is 326. The van der Waals surface area contributed by atoms with Crippen LogP contribution in [0.4, 0.5) is 5.82 Å². The molecule has 0 aromatic carbocycles. The Hall–Kier alpha value is -1.36. The summed E-state index contributed by atoms with van der Waals surface area (Å²) in [4.78, 5) is 10.9. The molecule has 0 unspecified atom stereocenters. The normalized spacial score (nSPS) is 16.1. The van der Waals surface area contributed by atoms with Crippen molar-refractivity contribution in [3.8, 4) is 0 Å². The molecule has 1 saturated heterocycles. The Kier molecular flexibility index (Phi) is 2.02. The lowest BCUT2D eigenvalue weighted by Gasteiger charge is -2.14. The molecule has 2 rings (SSSR count). The second-order valence-corrected chi connectivity index (χ2v) is 3.04. The van der Waals surface area contributed by atoms with Crippen molar-refractivity contribution in [2.75, 3.05) is 11.6 Å². The number of aromatic nitrogens is 2. The van der Waals surface area contributed by atoms with Gasteiger partial charge in [-0.25, -0.2) is 0 Å². The molecule has 0 bridgehead atoms. The maximum absolute atomic E-state index is 10.9. The summed E-state index contributed by atoms with van der Waals surface area (Å²) in [5, 5.41) is 9.48. The van der Waals surface area contributed by atoms with E-state index in [1.54, 1.807) is 17.1 Å². The summed E-state index contributed by atoms with van der Waals surface area (Å²) in [6.07, 6.45) is 0.490. The molecule has 1 amide bonds.